The molecule has 1 aliphatic heterocycles. The van der Waals surface area contributed by atoms with Crippen molar-refractivity contribution in [3.05, 3.63) is 23.9 Å². The topological polar surface area (TPSA) is 25.4 Å². The van der Waals surface area contributed by atoms with Gasteiger partial charge in [0.2, 0.25) is 0 Å². The van der Waals surface area contributed by atoms with Crippen LogP contribution in [-0.2, 0) is 10.2 Å². The van der Waals surface area contributed by atoms with Crippen molar-refractivity contribution in [1.82, 2.24) is 4.98 Å². The van der Waals surface area contributed by atoms with E-state index in [1.807, 2.05) is 6.20 Å². The van der Waals surface area contributed by atoms with Crippen molar-refractivity contribution >= 4 is 21.7 Å². The lowest BCUT2D eigenvalue weighted by atomic mass is 9.88. The minimum Gasteiger partial charge on any atom is -0.371 e. The maximum absolute atomic E-state index is 5.85. The fourth-order valence-electron chi connectivity index (χ4n) is 2.33. The number of ether oxygens (including phenoxy) is 1. The first-order chi connectivity index (χ1) is 8.90. The van der Waals surface area contributed by atoms with E-state index < -0.39 is 0 Å². The molecule has 0 saturated carbocycles. The van der Waals surface area contributed by atoms with Crippen molar-refractivity contribution in [2.24, 2.45) is 0 Å². The first-order valence-corrected chi connectivity index (χ1v) is 7.95. The zero-order chi connectivity index (χ0) is 14.0. The monoisotopic (exact) mass is 326 g/mol. The van der Waals surface area contributed by atoms with E-state index in [0.29, 0.717) is 0 Å². The smallest absolute Gasteiger partial charge is 0.128 e. The number of anilines is 1. The van der Waals surface area contributed by atoms with Gasteiger partial charge in [0.25, 0.3) is 0 Å². The van der Waals surface area contributed by atoms with Crippen LogP contribution in [0.2, 0.25) is 0 Å². The van der Waals surface area contributed by atoms with Gasteiger partial charge in [0.1, 0.15) is 5.82 Å². The average Bonchev–Trinajstić information content (AvgIpc) is 2.37. The van der Waals surface area contributed by atoms with Crippen LogP contribution in [0, 0.1) is 0 Å². The van der Waals surface area contributed by atoms with Gasteiger partial charge in [0.05, 0.1) is 12.2 Å². The Kier molecular flexibility index (Phi) is 4.51. The van der Waals surface area contributed by atoms with Crippen LogP contribution >= 0.6 is 15.9 Å². The number of alkyl halides is 1. The SMILES string of the molecule is CC1CN(c2ccc(C(C)(C)C)cn2)CC(CBr)O1. The fraction of sp³-hybridized carbons (Fsp3) is 0.667. The molecule has 0 aromatic carbocycles. The molecule has 1 aromatic heterocycles. The summed E-state index contributed by atoms with van der Waals surface area (Å²) in [7, 11) is 0. The van der Waals surface area contributed by atoms with Gasteiger partial charge in [-0.1, -0.05) is 42.8 Å². The number of rotatable bonds is 2. The maximum Gasteiger partial charge on any atom is 0.128 e. The van der Waals surface area contributed by atoms with Crippen molar-refractivity contribution in [1.29, 1.82) is 0 Å². The molecule has 0 amide bonds. The summed E-state index contributed by atoms with van der Waals surface area (Å²) in [5, 5.41) is 0.869. The molecule has 1 aromatic rings. The van der Waals surface area contributed by atoms with Crippen LogP contribution in [0.5, 0.6) is 0 Å². The molecule has 2 rings (SSSR count). The second-order valence-electron chi connectivity index (χ2n) is 6.28. The highest BCUT2D eigenvalue weighted by Crippen LogP contribution is 2.24. The highest BCUT2D eigenvalue weighted by Gasteiger charge is 2.25. The molecule has 0 aliphatic carbocycles. The normalized spacial score (nSPS) is 24.6. The molecule has 2 unspecified atom stereocenters. The number of aromatic nitrogens is 1. The Morgan fingerprint density at radius 3 is 2.63 bits per heavy atom. The van der Waals surface area contributed by atoms with Gasteiger partial charge in [-0.15, -0.1) is 0 Å². The van der Waals surface area contributed by atoms with Crippen LogP contribution in [0.1, 0.15) is 33.3 Å². The zero-order valence-corrected chi connectivity index (χ0v) is 13.8. The summed E-state index contributed by atoms with van der Waals surface area (Å²) in [6, 6.07) is 4.31. The van der Waals surface area contributed by atoms with E-state index in [2.05, 4.69) is 65.6 Å². The van der Waals surface area contributed by atoms with Gasteiger partial charge in [-0.3, -0.25) is 0 Å². The first kappa shape index (κ1) is 14.8. The Morgan fingerprint density at radius 1 is 1.37 bits per heavy atom. The average molecular weight is 327 g/mol. The highest BCUT2D eigenvalue weighted by atomic mass is 79.9. The molecule has 19 heavy (non-hydrogen) atoms. The summed E-state index contributed by atoms with van der Waals surface area (Å²) in [5.41, 5.74) is 1.43. The number of halogens is 1. The van der Waals surface area contributed by atoms with Crippen LogP contribution in [0.15, 0.2) is 18.3 Å². The van der Waals surface area contributed by atoms with Crippen molar-refractivity contribution in [2.45, 2.75) is 45.3 Å². The Morgan fingerprint density at radius 2 is 2.11 bits per heavy atom. The van der Waals surface area contributed by atoms with Gasteiger partial charge < -0.3 is 9.64 Å². The van der Waals surface area contributed by atoms with E-state index in [1.54, 1.807) is 0 Å². The molecule has 4 heteroatoms. The molecular formula is C15H23BrN2O. The quantitative estimate of drug-likeness (QED) is 0.779. The zero-order valence-electron chi connectivity index (χ0n) is 12.2. The third kappa shape index (κ3) is 3.69. The number of nitrogens with zero attached hydrogens (tertiary/aromatic N) is 2. The summed E-state index contributed by atoms with van der Waals surface area (Å²) in [5.74, 6) is 1.05. The van der Waals surface area contributed by atoms with Crippen molar-refractivity contribution in [3.8, 4) is 0 Å². The highest BCUT2D eigenvalue weighted by molar-refractivity contribution is 9.09. The van der Waals surface area contributed by atoms with E-state index in [1.165, 1.54) is 5.56 Å². The minimum absolute atomic E-state index is 0.155. The van der Waals surface area contributed by atoms with Crippen molar-refractivity contribution in [3.63, 3.8) is 0 Å². The summed E-state index contributed by atoms with van der Waals surface area (Å²) in [4.78, 5) is 6.94. The molecular weight excluding hydrogens is 304 g/mol. The predicted octanol–water partition coefficient (Wildman–Crippen LogP) is 3.37. The molecule has 106 valence electrons. The van der Waals surface area contributed by atoms with Gasteiger partial charge >= 0.3 is 0 Å². The molecule has 1 saturated heterocycles. The number of hydrogen-bond acceptors (Lipinski definition) is 3. The summed E-state index contributed by atoms with van der Waals surface area (Å²) in [6.07, 6.45) is 2.49. The number of pyridine rings is 1. The van der Waals surface area contributed by atoms with Crippen LogP contribution in [-0.4, -0.2) is 35.6 Å². The number of morpholine rings is 1. The van der Waals surface area contributed by atoms with Crippen LogP contribution in [0.25, 0.3) is 0 Å². The van der Waals surface area contributed by atoms with Gasteiger partial charge in [-0.25, -0.2) is 4.98 Å². The van der Waals surface area contributed by atoms with Crippen molar-refractivity contribution in [2.75, 3.05) is 23.3 Å². The van der Waals surface area contributed by atoms with E-state index in [4.69, 9.17) is 4.74 Å². The summed E-state index contributed by atoms with van der Waals surface area (Å²) >= 11 is 3.50. The Hall–Kier alpha value is -0.610. The maximum atomic E-state index is 5.85. The molecule has 1 aliphatic rings. The van der Waals surface area contributed by atoms with Gasteiger partial charge in [-0.2, -0.15) is 0 Å². The molecule has 1 fully saturated rings. The van der Waals surface area contributed by atoms with E-state index in [0.717, 1.165) is 24.2 Å². The third-order valence-corrected chi connectivity index (χ3v) is 4.16. The van der Waals surface area contributed by atoms with Crippen LogP contribution < -0.4 is 4.90 Å². The summed E-state index contributed by atoms with van der Waals surface area (Å²) < 4.78 is 5.85. The number of hydrogen-bond donors (Lipinski definition) is 0. The Balaban J connectivity index is 2.13. The lowest BCUT2D eigenvalue weighted by Crippen LogP contribution is -2.47. The van der Waals surface area contributed by atoms with E-state index in [9.17, 15) is 0 Å². The van der Waals surface area contributed by atoms with Crippen LogP contribution in [0.4, 0.5) is 5.82 Å². The predicted molar refractivity (Wildman–Crippen MR) is 83.3 cm³/mol. The van der Waals surface area contributed by atoms with E-state index in [-0.39, 0.29) is 17.6 Å². The molecule has 2 heterocycles. The largest absolute Gasteiger partial charge is 0.371 e. The molecule has 0 N–H and O–H groups in total. The lowest BCUT2D eigenvalue weighted by Gasteiger charge is -2.37. The van der Waals surface area contributed by atoms with Crippen LogP contribution in [0.3, 0.4) is 0 Å². The minimum atomic E-state index is 0.155. The third-order valence-electron chi connectivity index (χ3n) is 3.44. The van der Waals surface area contributed by atoms with E-state index >= 15 is 0 Å². The molecule has 0 radical (unpaired) electrons. The molecule has 3 nitrogen and oxygen atoms in total. The van der Waals surface area contributed by atoms with Gasteiger partial charge in [-0.05, 0) is 24.0 Å². The fourth-order valence-corrected chi connectivity index (χ4v) is 2.69. The van der Waals surface area contributed by atoms with Gasteiger partial charge in [0.15, 0.2) is 0 Å². The van der Waals surface area contributed by atoms with Gasteiger partial charge in [0, 0.05) is 24.6 Å². The lowest BCUT2D eigenvalue weighted by molar-refractivity contribution is -0.00223. The Labute approximate surface area is 124 Å². The summed E-state index contributed by atoms with van der Waals surface area (Å²) in [6.45, 7) is 10.6. The molecule has 0 spiro atoms. The van der Waals surface area contributed by atoms with Crippen molar-refractivity contribution < 1.29 is 4.74 Å². The molecule has 2 atom stereocenters. The standard InChI is InChI=1S/C15H23BrN2O/c1-11-9-18(10-13(7-16)19-11)14-6-5-12(8-17-14)15(2,3)4/h5-6,8,11,13H,7,9-10H2,1-4H3. The second kappa shape index (κ2) is 5.80. The molecule has 0 bridgehead atoms. The second-order valence-corrected chi connectivity index (χ2v) is 6.93. The first-order valence-electron chi connectivity index (χ1n) is 6.83. The Bertz CT molecular complexity index is 413.